The van der Waals surface area contributed by atoms with Crippen LogP contribution < -0.4 is 11.1 Å². The van der Waals surface area contributed by atoms with E-state index in [1.807, 2.05) is 18.2 Å². The van der Waals surface area contributed by atoms with Gasteiger partial charge in [0.25, 0.3) is 0 Å². The van der Waals surface area contributed by atoms with Crippen LogP contribution in [0.4, 0.5) is 0 Å². The average molecular weight is 261 g/mol. The van der Waals surface area contributed by atoms with Crippen LogP contribution in [0.1, 0.15) is 17.5 Å². The van der Waals surface area contributed by atoms with E-state index in [1.54, 1.807) is 4.90 Å². The Bertz CT molecular complexity index is 474. The lowest BCUT2D eigenvalue weighted by molar-refractivity contribution is -0.146. The third-order valence-electron chi connectivity index (χ3n) is 3.27. The fraction of sp³-hybridized carbons (Fsp3) is 0.429. The van der Waals surface area contributed by atoms with E-state index in [9.17, 15) is 9.59 Å². The molecule has 1 aromatic carbocycles. The number of rotatable bonds is 2. The molecule has 1 heterocycles. The molecule has 1 aliphatic heterocycles. The Balaban J connectivity index is 2.05. The van der Waals surface area contributed by atoms with Crippen LogP contribution in [-0.4, -0.2) is 36.3 Å². The smallest absolute Gasteiger partial charge is 0.312 e. The Morgan fingerprint density at radius 3 is 2.74 bits per heavy atom. The monoisotopic (exact) mass is 261 g/mol. The van der Waals surface area contributed by atoms with Crippen LogP contribution in [0.3, 0.4) is 0 Å². The summed E-state index contributed by atoms with van der Waals surface area (Å²) in [7, 11) is 0. The molecule has 5 heteroatoms. The molecular formula is C14H19N3O2. The summed E-state index contributed by atoms with van der Waals surface area (Å²) >= 11 is 0. The van der Waals surface area contributed by atoms with Crippen molar-refractivity contribution < 1.29 is 9.59 Å². The molecule has 1 aromatic rings. The number of carbonyl (C=O) groups excluding carboxylic acids is 2. The zero-order valence-corrected chi connectivity index (χ0v) is 10.9. The van der Waals surface area contributed by atoms with Crippen molar-refractivity contribution >= 4 is 11.8 Å². The third-order valence-corrected chi connectivity index (χ3v) is 3.27. The Hall–Kier alpha value is -1.88. The lowest BCUT2D eigenvalue weighted by atomic mass is 10.0. The van der Waals surface area contributed by atoms with Crippen LogP contribution in [0.5, 0.6) is 0 Å². The third kappa shape index (κ3) is 3.32. The van der Waals surface area contributed by atoms with Gasteiger partial charge in [0.2, 0.25) is 0 Å². The van der Waals surface area contributed by atoms with E-state index in [0.717, 1.165) is 18.4 Å². The molecule has 0 radical (unpaired) electrons. The number of nitrogens with zero attached hydrogens (tertiary/aromatic N) is 1. The second-order valence-electron chi connectivity index (χ2n) is 4.64. The standard InChI is InChI=1S/C14H19N3O2/c15-7-8-16-13(18)14(19)17-9-3-6-11-4-1-2-5-12(11)10-17/h1-2,4-5H,3,6-10,15H2,(H,16,18). The highest BCUT2D eigenvalue weighted by Crippen LogP contribution is 2.18. The van der Waals surface area contributed by atoms with Gasteiger partial charge in [-0.15, -0.1) is 0 Å². The van der Waals surface area contributed by atoms with E-state index >= 15 is 0 Å². The van der Waals surface area contributed by atoms with Crippen LogP contribution in [0.15, 0.2) is 24.3 Å². The van der Waals surface area contributed by atoms with Gasteiger partial charge in [0.05, 0.1) is 0 Å². The molecule has 0 fully saturated rings. The lowest BCUT2D eigenvalue weighted by Crippen LogP contribution is -2.44. The summed E-state index contributed by atoms with van der Waals surface area (Å²) in [6.07, 6.45) is 1.83. The van der Waals surface area contributed by atoms with Gasteiger partial charge in [-0.05, 0) is 24.0 Å². The highest BCUT2D eigenvalue weighted by Gasteiger charge is 2.23. The molecule has 19 heavy (non-hydrogen) atoms. The highest BCUT2D eigenvalue weighted by atomic mass is 16.2. The molecule has 0 saturated heterocycles. The maximum Gasteiger partial charge on any atom is 0.312 e. The molecule has 0 aliphatic carbocycles. The minimum atomic E-state index is -0.565. The van der Waals surface area contributed by atoms with Gasteiger partial charge in [0.1, 0.15) is 0 Å². The van der Waals surface area contributed by atoms with E-state index < -0.39 is 11.8 Å². The van der Waals surface area contributed by atoms with Crippen molar-refractivity contribution in [3.05, 3.63) is 35.4 Å². The van der Waals surface area contributed by atoms with Crippen LogP contribution in [0.2, 0.25) is 0 Å². The zero-order valence-electron chi connectivity index (χ0n) is 10.9. The number of benzene rings is 1. The number of hydrogen-bond donors (Lipinski definition) is 2. The quantitative estimate of drug-likeness (QED) is 0.738. The number of hydrogen-bond acceptors (Lipinski definition) is 3. The minimum absolute atomic E-state index is 0.328. The Morgan fingerprint density at radius 2 is 2.00 bits per heavy atom. The number of nitrogens with one attached hydrogen (secondary N) is 1. The lowest BCUT2D eigenvalue weighted by Gasteiger charge is -2.20. The van der Waals surface area contributed by atoms with E-state index in [0.29, 0.717) is 26.2 Å². The van der Waals surface area contributed by atoms with Crippen molar-refractivity contribution in [2.75, 3.05) is 19.6 Å². The number of fused-ring (bicyclic) bond motifs is 1. The van der Waals surface area contributed by atoms with Gasteiger partial charge in [-0.2, -0.15) is 0 Å². The summed E-state index contributed by atoms with van der Waals surface area (Å²) in [5, 5.41) is 2.52. The first-order valence-corrected chi connectivity index (χ1v) is 6.56. The van der Waals surface area contributed by atoms with Gasteiger partial charge in [0, 0.05) is 26.2 Å². The van der Waals surface area contributed by atoms with E-state index in [-0.39, 0.29) is 0 Å². The minimum Gasteiger partial charge on any atom is -0.347 e. The first-order valence-electron chi connectivity index (χ1n) is 6.56. The average Bonchev–Trinajstić information content (AvgIpc) is 2.66. The van der Waals surface area contributed by atoms with Gasteiger partial charge in [0.15, 0.2) is 0 Å². The van der Waals surface area contributed by atoms with Crippen molar-refractivity contribution in [2.24, 2.45) is 5.73 Å². The number of amides is 2. The molecule has 0 spiro atoms. The summed E-state index contributed by atoms with van der Waals surface area (Å²) in [5.74, 6) is -1.03. The first-order chi connectivity index (χ1) is 9.22. The number of aryl methyl sites for hydroxylation is 1. The normalized spacial score (nSPS) is 14.5. The Labute approximate surface area is 112 Å². The van der Waals surface area contributed by atoms with Gasteiger partial charge < -0.3 is 16.0 Å². The fourth-order valence-electron chi connectivity index (χ4n) is 2.28. The van der Waals surface area contributed by atoms with Crippen molar-refractivity contribution in [3.63, 3.8) is 0 Å². The van der Waals surface area contributed by atoms with Gasteiger partial charge in [-0.3, -0.25) is 9.59 Å². The maximum atomic E-state index is 12.0. The number of carbonyl (C=O) groups is 2. The topological polar surface area (TPSA) is 75.4 Å². The van der Waals surface area contributed by atoms with Crippen molar-refractivity contribution in [3.8, 4) is 0 Å². The molecule has 0 unspecified atom stereocenters. The van der Waals surface area contributed by atoms with Crippen LogP contribution in [-0.2, 0) is 22.6 Å². The summed E-state index contributed by atoms with van der Waals surface area (Å²) in [5.41, 5.74) is 7.69. The van der Waals surface area contributed by atoms with E-state index in [4.69, 9.17) is 5.73 Å². The maximum absolute atomic E-state index is 12.0. The first kappa shape index (κ1) is 13.5. The molecule has 2 amide bonds. The molecule has 1 aliphatic rings. The van der Waals surface area contributed by atoms with Crippen LogP contribution in [0, 0.1) is 0 Å². The molecule has 0 bridgehead atoms. The van der Waals surface area contributed by atoms with E-state index in [2.05, 4.69) is 11.4 Å². The second-order valence-corrected chi connectivity index (χ2v) is 4.64. The summed E-state index contributed by atoms with van der Waals surface area (Å²) in [6, 6.07) is 8.06. The predicted octanol–water partition coefficient (Wildman–Crippen LogP) is 0.0363. The van der Waals surface area contributed by atoms with E-state index in [1.165, 1.54) is 5.56 Å². The second kappa shape index (κ2) is 6.33. The van der Waals surface area contributed by atoms with Gasteiger partial charge in [-0.1, -0.05) is 24.3 Å². The number of nitrogens with two attached hydrogens (primary N) is 1. The molecule has 0 atom stereocenters. The molecule has 0 saturated carbocycles. The molecule has 5 nitrogen and oxygen atoms in total. The molecule has 2 rings (SSSR count). The Kier molecular flexibility index (Phi) is 4.52. The summed E-state index contributed by atoms with van der Waals surface area (Å²) in [6.45, 7) is 1.78. The predicted molar refractivity (Wildman–Crippen MR) is 72.2 cm³/mol. The van der Waals surface area contributed by atoms with Crippen molar-refractivity contribution in [2.45, 2.75) is 19.4 Å². The summed E-state index contributed by atoms with van der Waals surface area (Å²) in [4.78, 5) is 25.3. The highest BCUT2D eigenvalue weighted by molar-refractivity contribution is 6.34. The van der Waals surface area contributed by atoms with Crippen molar-refractivity contribution in [1.82, 2.24) is 10.2 Å². The molecular weight excluding hydrogens is 242 g/mol. The SMILES string of the molecule is NCCNC(=O)C(=O)N1CCCc2ccccc2C1. The van der Waals surface area contributed by atoms with Crippen LogP contribution >= 0.6 is 0 Å². The van der Waals surface area contributed by atoms with Gasteiger partial charge in [-0.25, -0.2) is 0 Å². The van der Waals surface area contributed by atoms with Crippen molar-refractivity contribution in [1.29, 1.82) is 0 Å². The zero-order chi connectivity index (χ0) is 13.7. The fourth-order valence-corrected chi connectivity index (χ4v) is 2.28. The summed E-state index contributed by atoms with van der Waals surface area (Å²) < 4.78 is 0. The Morgan fingerprint density at radius 1 is 1.26 bits per heavy atom. The van der Waals surface area contributed by atoms with Crippen LogP contribution in [0.25, 0.3) is 0 Å². The molecule has 102 valence electrons. The molecule has 3 N–H and O–H groups in total. The molecule has 0 aromatic heterocycles. The van der Waals surface area contributed by atoms with Gasteiger partial charge >= 0.3 is 11.8 Å². The largest absolute Gasteiger partial charge is 0.347 e.